The molecule has 2 aliphatic carbocycles. The Morgan fingerprint density at radius 1 is 0.857 bits per heavy atom. The summed E-state index contributed by atoms with van der Waals surface area (Å²) in [4.78, 5) is 4.26. The monoisotopic (exact) mass is 485 g/mol. The molecule has 2 saturated carbocycles. The van der Waals surface area contributed by atoms with Crippen molar-refractivity contribution in [3.8, 4) is 0 Å². The maximum absolute atomic E-state index is 5.80. The fraction of sp³-hybridized carbons (Fsp3) is 0.333. The van der Waals surface area contributed by atoms with Gasteiger partial charge >= 0.3 is 160 Å². The van der Waals surface area contributed by atoms with Gasteiger partial charge in [-0.25, -0.2) is 0 Å². The molecule has 28 heavy (non-hydrogen) atoms. The van der Waals surface area contributed by atoms with Gasteiger partial charge in [-0.3, -0.25) is 0 Å². The Morgan fingerprint density at radius 2 is 1.43 bits per heavy atom. The van der Waals surface area contributed by atoms with Gasteiger partial charge in [0.1, 0.15) is 0 Å². The second-order valence-electron chi connectivity index (χ2n) is 6.84. The molecule has 0 heterocycles. The third-order valence-electron chi connectivity index (χ3n) is 4.71. The second-order valence-corrected chi connectivity index (χ2v) is 9.81. The molecular formula is C24H31FeNOSe+2. The van der Waals surface area contributed by atoms with Crippen molar-refractivity contribution in [2.24, 2.45) is 0 Å². The molecule has 3 atom stereocenters. The summed E-state index contributed by atoms with van der Waals surface area (Å²) in [5.41, 5.74) is 1.27. The first kappa shape index (κ1) is 26.2. The molecule has 4 heteroatoms. The van der Waals surface area contributed by atoms with Crippen LogP contribution in [0.25, 0.3) is 0 Å². The summed E-state index contributed by atoms with van der Waals surface area (Å²) in [6.07, 6.45) is 16.9. The molecule has 10 radical (unpaired) electrons. The van der Waals surface area contributed by atoms with E-state index in [2.05, 4.69) is 82.4 Å². The van der Waals surface area contributed by atoms with Crippen molar-refractivity contribution in [2.45, 2.75) is 30.8 Å². The molecule has 0 amide bonds. The van der Waals surface area contributed by atoms with Crippen molar-refractivity contribution < 1.29 is 21.8 Å². The summed E-state index contributed by atoms with van der Waals surface area (Å²) < 4.78 is 5.80. The molecular weight excluding hydrogens is 453 g/mol. The van der Waals surface area contributed by atoms with Gasteiger partial charge in [0, 0.05) is 0 Å². The SMILES string of the molecule is CO[C@H](c1ccccc1)[C@H](C)[Se][C]1[CH][CH][CH][C]1[C@@H](C)N(C)C.[CH]1[CH][CH][CH][CH]1.[Fe+2]. The molecule has 0 N–H and O–H groups in total. The topological polar surface area (TPSA) is 12.5 Å². The molecule has 3 rings (SSSR count). The Balaban J connectivity index is 0.000000567. The van der Waals surface area contributed by atoms with Gasteiger partial charge in [0.25, 0.3) is 0 Å². The van der Waals surface area contributed by atoms with Gasteiger partial charge in [0.15, 0.2) is 0 Å². The van der Waals surface area contributed by atoms with Crippen LogP contribution in [0.5, 0.6) is 0 Å². The van der Waals surface area contributed by atoms with Crippen molar-refractivity contribution in [1.82, 2.24) is 4.90 Å². The van der Waals surface area contributed by atoms with Crippen molar-refractivity contribution in [2.75, 3.05) is 21.2 Å². The van der Waals surface area contributed by atoms with E-state index in [4.69, 9.17) is 4.74 Å². The van der Waals surface area contributed by atoms with Crippen LogP contribution in [-0.4, -0.2) is 47.1 Å². The maximum Gasteiger partial charge on any atom is 2.00 e. The number of nitrogens with zero attached hydrogens (tertiary/aromatic N) is 1. The van der Waals surface area contributed by atoms with E-state index in [1.165, 1.54) is 16.3 Å². The van der Waals surface area contributed by atoms with Gasteiger partial charge < -0.3 is 0 Å². The molecule has 150 valence electrons. The molecule has 0 saturated heterocycles. The van der Waals surface area contributed by atoms with Crippen molar-refractivity contribution in [3.63, 3.8) is 0 Å². The summed E-state index contributed by atoms with van der Waals surface area (Å²) >= 11 is 0.389. The summed E-state index contributed by atoms with van der Waals surface area (Å²) in [6.45, 7) is 4.57. The average Bonchev–Trinajstić information content (AvgIpc) is 3.37. The van der Waals surface area contributed by atoms with Crippen molar-refractivity contribution in [3.05, 3.63) is 98.0 Å². The van der Waals surface area contributed by atoms with Crippen LogP contribution in [0.2, 0.25) is 4.82 Å². The van der Waals surface area contributed by atoms with E-state index in [0.29, 0.717) is 25.8 Å². The van der Waals surface area contributed by atoms with Crippen molar-refractivity contribution >= 4 is 15.0 Å². The minimum Gasteiger partial charge on any atom is -0.0312 e. The van der Waals surface area contributed by atoms with Crippen LogP contribution >= 0.6 is 0 Å². The zero-order chi connectivity index (χ0) is 19.6. The normalized spacial score (nSPS) is 20.9. The van der Waals surface area contributed by atoms with Crippen LogP contribution in [0.15, 0.2) is 30.3 Å². The van der Waals surface area contributed by atoms with E-state index in [0.717, 1.165) is 0 Å². The summed E-state index contributed by atoms with van der Waals surface area (Å²) in [5, 5.41) is 0. The number of methoxy groups -OCH3 is 1. The van der Waals surface area contributed by atoms with Crippen LogP contribution < -0.4 is 0 Å². The molecule has 2 fully saturated rings. The quantitative estimate of drug-likeness (QED) is 0.526. The largest absolute Gasteiger partial charge is 2.00 e. The molecule has 1 aromatic carbocycles. The third-order valence-corrected chi connectivity index (χ3v) is 7.32. The predicted octanol–water partition coefficient (Wildman–Crippen LogP) is 4.59. The number of hydrogen-bond donors (Lipinski definition) is 0. The van der Waals surface area contributed by atoms with Gasteiger partial charge in [0.05, 0.1) is 0 Å². The number of rotatable bonds is 7. The Hall–Kier alpha value is 0.179. The molecule has 2 nitrogen and oxygen atoms in total. The molecule has 1 aromatic rings. The average molecular weight is 484 g/mol. The van der Waals surface area contributed by atoms with Gasteiger partial charge in [-0.1, -0.05) is 0 Å². The number of benzene rings is 1. The van der Waals surface area contributed by atoms with E-state index in [-0.39, 0.29) is 23.2 Å². The maximum atomic E-state index is 5.80. The van der Waals surface area contributed by atoms with Crippen LogP contribution in [0.4, 0.5) is 0 Å². The van der Waals surface area contributed by atoms with Crippen molar-refractivity contribution in [1.29, 1.82) is 0 Å². The molecule has 0 aromatic heterocycles. The summed E-state index contributed by atoms with van der Waals surface area (Å²) in [7, 11) is 6.10. The molecule has 0 aliphatic heterocycles. The van der Waals surface area contributed by atoms with E-state index in [1.54, 1.807) is 0 Å². The second kappa shape index (κ2) is 14.2. The molecule has 0 bridgehead atoms. The first-order valence-electron chi connectivity index (χ1n) is 9.37. The fourth-order valence-electron chi connectivity index (χ4n) is 2.97. The van der Waals surface area contributed by atoms with E-state index in [1.807, 2.05) is 39.2 Å². The fourth-order valence-corrected chi connectivity index (χ4v) is 5.75. The first-order chi connectivity index (χ1) is 13.0. The Labute approximate surface area is 191 Å². The smallest absolute Gasteiger partial charge is 0.0312 e. The Morgan fingerprint density at radius 3 is 1.93 bits per heavy atom. The zero-order valence-electron chi connectivity index (χ0n) is 17.4. The summed E-state index contributed by atoms with van der Waals surface area (Å²) in [5.74, 6) is 1.46. The first-order valence-corrected chi connectivity index (χ1v) is 11.2. The minimum atomic E-state index is 0. The summed E-state index contributed by atoms with van der Waals surface area (Å²) in [6, 6.07) is 11.0. The van der Waals surface area contributed by atoms with Gasteiger partial charge in [-0.15, -0.1) is 0 Å². The zero-order valence-corrected chi connectivity index (χ0v) is 20.2. The van der Waals surface area contributed by atoms with E-state index >= 15 is 0 Å². The predicted molar refractivity (Wildman–Crippen MR) is 115 cm³/mol. The van der Waals surface area contributed by atoms with Crippen LogP contribution in [-0.2, 0) is 21.8 Å². The Bertz CT molecular complexity index is 501. The molecule has 2 aliphatic rings. The number of hydrogen-bond acceptors (Lipinski definition) is 2. The standard InChI is InChI=1S/C19H26NOSe.C5H5.Fe/c1-14(20(3)4)17-12-9-13-18(17)22-15(2)19(21-5)16-10-7-6-8-11-16;1-2-4-5-3-1;/h6-15,19H,1-5H3;1-5H;/q;;+2/t14-,15+,19+;;/m1../s1. The third kappa shape index (κ3) is 8.13. The van der Waals surface area contributed by atoms with E-state index < -0.39 is 0 Å². The van der Waals surface area contributed by atoms with Crippen LogP contribution in [0.1, 0.15) is 25.5 Å². The molecule has 0 unspecified atom stereocenters. The number of ether oxygens (including phenoxy) is 1. The Kier molecular flexibility index (Phi) is 13.3. The van der Waals surface area contributed by atoms with Crippen LogP contribution in [0, 0.1) is 62.1 Å². The van der Waals surface area contributed by atoms with Crippen LogP contribution in [0.3, 0.4) is 0 Å². The minimum absolute atomic E-state index is 0. The van der Waals surface area contributed by atoms with Gasteiger partial charge in [-0.05, 0) is 32.1 Å². The van der Waals surface area contributed by atoms with Gasteiger partial charge in [0.2, 0.25) is 0 Å². The van der Waals surface area contributed by atoms with Gasteiger partial charge in [-0.2, -0.15) is 0 Å². The molecule has 0 spiro atoms. The van der Waals surface area contributed by atoms with E-state index in [9.17, 15) is 0 Å².